The van der Waals surface area contributed by atoms with Gasteiger partial charge in [0.2, 0.25) is 0 Å². The fourth-order valence-electron chi connectivity index (χ4n) is 1.32. The van der Waals surface area contributed by atoms with E-state index in [1.807, 2.05) is 5.38 Å². The fraction of sp³-hybridized carbons (Fsp3) is 0.111. The topological polar surface area (TPSA) is 63.4 Å². The van der Waals surface area contributed by atoms with Gasteiger partial charge in [0.05, 0.1) is 5.69 Å². The van der Waals surface area contributed by atoms with Crippen molar-refractivity contribution in [2.75, 3.05) is 4.90 Å². The highest BCUT2D eigenvalue weighted by molar-refractivity contribution is 7.10. The van der Waals surface area contributed by atoms with Crippen LogP contribution in [0.1, 0.15) is 4.88 Å². The van der Waals surface area contributed by atoms with Gasteiger partial charge in [-0.3, -0.25) is 9.59 Å². The summed E-state index contributed by atoms with van der Waals surface area (Å²) >= 11 is 1.44. The summed E-state index contributed by atoms with van der Waals surface area (Å²) in [6.07, 6.45) is 2.53. The highest BCUT2D eigenvalue weighted by Gasteiger charge is 2.27. The average molecular weight is 208 g/mol. The molecular weight excluding hydrogens is 200 g/mol. The number of rotatable bonds is 2. The molecule has 0 aliphatic carbocycles. The average Bonchev–Trinajstić information content (AvgIpc) is 2.73. The summed E-state index contributed by atoms with van der Waals surface area (Å²) in [6, 6.07) is 1.73. The normalized spacial score (nSPS) is 15.6. The molecule has 72 valence electrons. The Balaban J connectivity index is 2.40. The van der Waals surface area contributed by atoms with E-state index in [0.29, 0.717) is 12.2 Å². The molecule has 0 atom stereocenters. The second-order valence-electron chi connectivity index (χ2n) is 2.78. The fourth-order valence-corrected chi connectivity index (χ4v) is 2.06. The number of nitrogens with zero attached hydrogens (tertiary/aromatic N) is 1. The van der Waals surface area contributed by atoms with Gasteiger partial charge in [-0.25, -0.2) is 4.90 Å². The molecule has 0 saturated heterocycles. The van der Waals surface area contributed by atoms with E-state index >= 15 is 0 Å². The molecule has 0 aromatic carbocycles. The van der Waals surface area contributed by atoms with Gasteiger partial charge < -0.3 is 5.73 Å². The third-order valence-electron chi connectivity index (χ3n) is 1.96. The van der Waals surface area contributed by atoms with Gasteiger partial charge in [-0.05, 0) is 11.4 Å². The summed E-state index contributed by atoms with van der Waals surface area (Å²) in [6.45, 7) is 0.337. The zero-order valence-electron chi connectivity index (χ0n) is 7.27. The van der Waals surface area contributed by atoms with Gasteiger partial charge in [0.15, 0.2) is 0 Å². The monoisotopic (exact) mass is 208 g/mol. The quantitative estimate of drug-likeness (QED) is 0.725. The molecule has 1 aromatic rings. The number of hydrogen-bond donors (Lipinski definition) is 1. The lowest BCUT2D eigenvalue weighted by molar-refractivity contribution is -0.119. The molecule has 2 amide bonds. The molecule has 2 heterocycles. The molecule has 0 bridgehead atoms. The Morgan fingerprint density at radius 1 is 1.29 bits per heavy atom. The molecule has 5 heteroatoms. The van der Waals surface area contributed by atoms with Crippen LogP contribution in [0.3, 0.4) is 0 Å². The van der Waals surface area contributed by atoms with Crippen molar-refractivity contribution in [1.82, 2.24) is 0 Å². The molecule has 2 rings (SSSR count). The van der Waals surface area contributed by atoms with Crippen molar-refractivity contribution in [2.45, 2.75) is 6.54 Å². The van der Waals surface area contributed by atoms with Crippen molar-refractivity contribution in [3.05, 3.63) is 28.5 Å². The molecule has 0 radical (unpaired) electrons. The van der Waals surface area contributed by atoms with Gasteiger partial charge in [0.1, 0.15) is 0 Å². The van der Waals surface area contributed by atoms with Crippen LogP contribution in [-0.4, -0.2) is 11.8 Å². The van der Waals surface area contributed by atoms with Crippen LogP contribution in [0.2, 0.25) is 0 Å². The summed E-state index contributed by atoms with van der Waals surface area (Å²) in [5.41, 5.74) is 6.10. The Kier molecular flexibility index (Phi) is 2.18. The number of hydrogen-bond acceptors (Lipinski definition) is 4. The van der Waals surface area contributed by atoms with E-state index in [1.165, 1.54) is 23.5 Å². The van der Waals surface area contributed by atoms with Crippen molar-refractivity contribution >= 4 is 28.8 Å². The minimum absolute atomic E-state index is 0.303. The lowest BCUT2D eigenvalue weighted by Crippen LogP contribution is -2.30. The highest BCUT2D eigenvalue weighted by Crippen LogP contribution is 2.27. The first-order chi connectivity index (χ1) is 6.74. The van der Waals surface area contributed by atoms with Crippen molar-refractivity contribution in [2.24, 2.45) is 5.73 Å². The molecule has 0 saturated carbocycles. The van der Waals surface area contributed by atoms with Gasteiger partial charge in [-0.15, -0.1) is 11.3 Å². The van der Waals surface area contributed by atoms with Crippen molar-refractivity contribution in [3.8, 4) is 0 Å². The van der Waals surface area contributed by atoms with Crippen LogP contribution >= 0.6 is 11.3 Å². The van der Waals surface area contributed by atoms with E-state index in [9.17, 15) is 9.59 Å². The first kappa shape index (κ1) is 9.11. The third kappa shape index (κ3) is 1.26. The predicted molar refractivity (Wildman–Crippen MR) is 53.8 cm³/mol. The maximum Gasteiger partial charge on any atom is 0.258 e. The smallest absolute Gasteiger partial charge is 0.258 e. The summed E-state index contributed by atoms with van der Waals surface area (Å²) in [4.78, 5) is 24.6. The van der Waals surface area contributed by atoms with Crippen molar-refractivity contribution in [1.29, 1.82) is 0 Å². The van der Waals surface area contributed by atoms with Crippen LogP contribution in [0, 0.1) is 0 Å². The molecule has 4 nitrogen and oxygen atoms in total. The Bertz CT molecular complexity index is 404. The lowest BCUT2D eigenvalue weighted by Gasteiger charge is -2.13. The number of carbonyl (C=O) groups is 2. The molecule has 14 heavy (non-hydrogen) atoms. The molecule has 0 unspecified atom stereocenters. The Labute approximate surface area is 84.6 Å². The van der Waals surface area contributed by atoms with Gasteiger partial charge in [0, 0.05) is 23.6 Å². The van der Waals surface area contributed by atoms with Crippen LogP contribution in [0.4, 0.5) is 5.69 Å². The molecule has 2 N–H and O–H groups in total. The van der Waals surface area contributed by atoms with Crippen LogP contribution in [0.25, 0.3) is 0 Å². The van der Waals surface area contributed by atoms with E-state index in [4.69, 9.17) is 5.73 Å². The van der Waals surface area contributed by atoms with E-state index in [1.54, 1.807) is 6.07 Å². The number of amides is 2. The van der Waals surface area contributed by atoms with Gasteiger partial charge in [-0.1, -0.05) is 0 Å². The Morgan fingerprint density at radius 2 is 1.93 bits per heavy atom. The van der Waals surface area contributed by atoms with Crippen LogP contribution in [0.15, 0.2) is 23.6 Å². The van der Waals surface area contributed by atoms with Crippen LogP contribution < -0.4 is 10.6 Å². The van der Waals surface area contributed by atoms with Crippen molar-refractivity contribution in [3.63, 3.8) is 0 Å². The summed E-state index contributed by atoms with van der Waals surface area (Å²) < 4.78 is 0. The lowest BCUT2D eigenvalue weighted by atomic mass is 10.3. The minimum atomic E-state index is -0.303. The van der Waals surface area contributed by atoms with Crippen molar-refractivity contribution < 1.29 is 9.59 Å². The van der Waals surface area contributed by atoms with Gasteiger partial charge in [-0.2, -0.15) is 0 Å². The second-order valence-corrected chi connectivity index (χ2v) is 3.78. The first-order valence-electron chi connectivity index (χ1n) is 4.06. The number of carbonyl (C=O) groups excluding carboxylic acids is 2. The zero-order chi connectivity index (χ0) is 10.1. The Hall–Kier alpha value is -1.46. The molecular formula is C9H8N2O2S. The number of anilines is 1. The minimum Gasteiger partial charge on any atom is -0.326 e. The van der Waals surface area contributed by atoms with Gasteiger partial charge in [0.25, 0.3) is 11.8 Å². The number of nitrogens with two attached hydrogens (primary N) is 1. The second kappa shape index (κ2) is 3.36. The van der Waals surface area contributed by atoms with Gasteiger partial charge >= 0.3 is 0 Å². The molecule has 1 aliphatic rings. The molecule has 1 aliphatic heterocycles. The summed E-state index contributed by atoms with van der Waals surface area (Å²) in [7, 11) is 0. The third-order valence-corrected chi connectivity index (χ3v) is 2.89. The van der Waals surface area contributed by atoms with E-state index in [0.717, 1.165) is 9.78 Å². The standard InChI is InChI=1S/C9H8N2O2S/c10-5-7-6(3-4-14-7)11-8(12)1-2-9(11)13/h1-4H,5,10H2. The highest BCUT2D eigenvalue weighted by atomic mass is 32.1. The summed E-state index contributed by atoms with van der Waals surface area (Å²) in [5, 5.41) is 1.82. The number of thiophene rings is 1. The molecule has 0 spiro atoms. The molecule has 0 fully saturated rings. The summed E-state index contributed by atoms with van der Waals surface area (Å²) in [5.74, 6) is -0.605. The van der Waals surface area contributed by atoms with E-state index < -0.39 is 0 Å². The maximum absolute atomic E-state index is 11.3. The zero-order valence-corrected chi connectivity index (χ0v) is 8.08. The first-order valence-corrected chi connectivity index (χ1v) is 4.94. The largest absolute Gasteiger partial charge is 0.326 e. The van der Waals surface area contributed by atoms with E-state index in [-0.39, 0.29) is 11.8 Å². The van der Waals surface area contributed by atoms with Crippen LogP contribution in [0.5, 0.6) is 0 Å². The maximum atomic E-state index is 11.3. The SMILES string of the molecule is NCc1sccc1N1C(=O)C=CC1=O. The molecule has 1 aromatic heterocycles. The number of imide groups is 1. The predicted octanol–water partition coefficient (Wildman–Crippen LogP) is 0.636. The Morgan fingerprint density at radius 3 is 2.50 bits per heavy atom. The van der Waals surface area contributed by atoms with Crippen LogP contribution in [-0.2, 0) is 16.1 Å². The van der Waals surface area contributed by atoms with E-state index in [2.05, 4.69) is 0 Å².